The van der Waals surface area contributed by atoms with E-state index in [-0.39, 0.29) is 28.6 Å². The molecule has 0 aliphatic heterocycles. The average Bonchev–Trinajstić information content (AvgIpc) is 2.85. The van der Waals surface area contributed by atoms with Crippen LogP contribution in [0.3, 0.4) is 0 Å². The summed E-state index contributed by atoms with van der Waals surface area (Å²) in [6.45, 7) is -0.0369. The Balaban J connectivity index is 1.52. The maximum Gasteiger partial charge on any atom is 0.283 e. The molecule has 0 spiro atoms. The third kappa shape index (κ3) is 6.40. The molecule has 0 fully saturated rings. The molecule has 0 saturated carbocycles. The van der Waals surface area contributed by atoms with Gasteiger partial charge in [-0.1, -0.05) is 53.5 Å². The highest BCUT2D eigenvalue weighted by molar-refractivity contribution is 7.90. The molecule has 0 unspecified atom stereocenters. The fraction of sp³-hybridized carbons (Fsp3) is 0.0769. The minimum absolute atomic E-state index is 0.0349. The highest BCUT2D eigenvalue weighted by atomic mass is 35.5. The molecule has 4 aromatic rings. The molecule has 3 aromatic carbocycles. The largest absolute Gasteiger partial charge is 0.489 e. The summed E-state index contributed by atoms with van der Waals surface area (Å²) in [5.41, 5.74) is 1.39. The minimum Gasteiger partial charge on any atom is -0.489 e. The van der Waals surface area contributed by atoms with E-state index in [1.165, 1.54) is 24.3 Å². The molecule has 0 aliphatic rings. The number of hydrogen-bond donors (Lipinski definition) is 1. The zero-order valence-corrected chi connectivity index (χ0v) is 20.9. The summed E-state index contributed by atoms with van der Waals surface area (Å²) in [5.74, 6) is -0.887. The Bertz CT molecular complexity index is 1520. The molecule has 1 heterocycles. The smallest absolute Gasteiger partial charge is 0.283 e. The summed E-state index contributed by atoms with van der Waals surface area (Å²) in [6, 6.07) is 21.6. The van der Waals surface area contributed by atoms with E-state index < -0.39 is 21.7 Å². The van der Waals surface area contributed by atoms with Crippen molar-refractivity contribution in [1.29, 1.82) is 0 Å². The van der Waals surface area contributed by atoms with Crippen LogP contribution in [0.25, 0.3) is 0 Å². The monoisotopic (exact) mass is 544 g/mol. The second-order valence-electron chi connectivity index (χ2n) is 7.72. The SMILES string of the molecule is O=C(NS(=O)(=O)c1ccccc1)c1cccc(Cc2cc(Cl)ccc2OCc2ccc(Cl)cc2F)n1. The third-order valence-corrected chi connectivity index (χ3v) is 6.93. The first-order valence-corrected chi connectivity index (χ1v) is 12.9. The van der Waals surface area contributed by atoms with E-state index in [2.05, 4.69) is 4.98 Å². The number of pyridine rings is 1. The van der Waals surface area contributed by atoms with E-state index in [0.717, 1.165) is 0 Å². The van der Waals surface area contributed by atoms with Gasteiger partial charge in [-0.05, 0) is 54.6 Å². The summed E-state index contributed by atoms with van der Waals surface area (Å²) < 4.78 is 47.0. The topological polar surface area (TPSA) is 85.4 Å². The van der Waals surface area contributed by atoms with Crippen molar-refractivity contribution in [1.82, 2.24) is 9.71 Å². The number of carbonyl (C=O) groups excluding carboxylic acids is 1. The zero-order valence-electron chi connectivity index (χ0n) is 18.6. The van der Waals surface area contributed by atoms with Crippen LogP contribution in [-0.4, -0.2) is 19.3 Å². The lowest BCUT2D eigenvalue weighted by Gasteiger charge is -2.13. The number of hydrogen-bond acceptors (Lipinski definition) is 5. The van der Waals surface area contributed by atoms with Crippen molar-refractivity contribution in [2.75, 3.05) is 0 Å². The lowest BCUT2D eigenvalue weighted by atomic mass is 10.1. The van der Waals surface area contributed by atoms with E-state index in [0.29, 0.717) is 27.6 Å². The highest BCUT2D eigenvalue weighted by Gasteiger charge is 2.19. The van der Waals surface area contributed by atoms with Crippen molar-refractivity contribution in [3.8, 4) is 5.75 Å². The summed E-state index contributed by atoms with van der Waals surface area (Å²) in [7, 11) is -4.05. The number of nitrogens with zero attached hydrogens (tertiary/aromatic N) is 1. The van der Waals surface area contributed by atoms with E-state index >= 15 is 0 Å². The fourth-order valence-electron chi connectivity index (χ4n) is 3.35. The molecule has 1 amide bonds. The van der Waals surface area contributed by atoms with Gasteiger partial charge in [0.25, 0.3) is 15.9 Å². The van der Waals surface area contributed by atoms with Crippen LogP contribution in [0.2, 0.25) is 10.0 Å². The zero-order chi connectivity index (χ0) is 25.7. The molecular weight excluding hydrogens is 526 g/mol. The summed E-state index contributed by atoms with van der Waals surface area (Å²) in [4.78, 5) is 16.9. The van der Waals surface area contributed by atoms with E-state index in [4.69, 9.17) is 27.9 Å². The van der Waals surface area contributed by atoms with Gasteiger partial charge in [-0.25, -0.2) is 22.5 Å². The maximum atomic E-state index is 14.1. The van der Waals surface area contributed by atoms with Crippen LogP contribution in [0.15, 0.2) is 89.8 Å². The van der Waals surface area contributed by atoms with Crippen LogP contribution < -0.4 is 9.46 Å². The molecule has 0 radical (unpaired) electrons. The predicted molar refractivity (Wildman–Crippen MR) is 135 cm³/mol. The molecule has 0 atom stereocenters. The van der Waals surface area contributed by atoms with Gasteiger partial charge in [-0.3, -0.25) is 4.79 Å². The van der Waals surface area contributed by atoms with Gasteiger partial charge < -0.3 is 4.74 Å². The van der Waals surface area contributed by atoms with Gasteiger partial charge in [-0.15, -0.1) is 0 Å². The summed E-state index contributed by atoms with van der Waals surface area (Å²) in [5, 5.41) is 0.743. The number of halogens is 3. The number of amides is 1. The van der Waals surface area contributed by atoms with Gasteiger partial charge >= 0.3 is 0 Å². The van der Waals surface area contributed by atoms with Gasteiger partial charge in [0.2, 0.25) is 0 Å². The lowest BCUT2D eigenvalue weighted by Crippen LogP contribution is -2.31. The van der Waals surface area contributed by atoms with Crippen LogP contribution in [0.4, 0.5) is 4.39 Å². The van der Waals surface area contributed by atoms with Crippen LogP contribution in [0.1, 0.15) is 27.3 Å². The maximum absolute atomic E-state index is 14.1. The first-order chi connectivity index (χ1) is 17.2. The molecule has 1 N–H and O–H groups in total. The highest BCUT2D eigenvalue weighted by Crippen LogP contribution is 2.27. The molecule has 6 nitrogen and oxygen atoms in total. The second-order valence-corrected chi connectivity index (χ2v) is 10.3. The molecule has 0 aliphatic carbocycles. The number of rotatable bonds is 8. The Hall–Kier alpha value is -3.46. The molecule has 184 valence electrons. The van der Waals surface area contributed by atoms with Crippen molar-refractivity contribution in [2.24, 2.45) is 0 Å². The van der Waals surface area contributed by atoms with E-state index in [9.17, 15) is 17.6 Å². The average molecular weight is 545 g/mol. The van der Waals surface area contributed by atoms with E-state index in [1.54, 1.807) is 60.7 Å². The Morgan fingerprint density at radius 2 is 1.61 bits per heavy atom. The number of carbonyl (C=O) groups is 1. The molecule has 0 saturated heterocycles. The lowest BCUT2D eigenvalue weighted by molar-refractivity contribution is 0.0976. The Morgan fingerprint density at radius 1 is 0.889 bits per heavy atom. The van der Waals surface area contributed by atoms with Crippen LogP contribution in [0, 0.1) is 5.82 Å². The number of ether oxygens (including phenoxy) is 1. The van der Waals surface area contributed by atoms with Crippen molar-refractivity contribution in [3.05, 3.63) is 123 Å². The Kier molecular flexibility index (Phi) is 7.88. The molecular formula is C26H19Cl2FN2O4S. The number of nitrogens with one attached hydrogen (secondary N) is 1. The normalized spacial score (nSPS) is 11.2. The second kappa shape index (κ2) is 11.1. The first-order valence-electron chi connectivity index (χ1n) is 10.6. The van der Waals surface area contributed by atoms with Crippen molar-refractivity contribution < 1.29 is 22.3 Å². The molecule has 1 aromatic heterocycles. The fourth-order valence-corrected chi connectivity index (χ4v) is 4.69. The van der Waals surface area contributed by atoms with Crippen molar-refractivity contribution in [2.45, 2.75) is 17.9 Å². The van der Waals surface area contributed by atoms with Crippen molar-refractivity contribution in [3.63, 3.8) is 0 Å². The third-order valence-electron chi connectivity index (χ3n) is 5.11. The molecule has 4 rings (SSSR count). The number of sulfonamides is 1. The quantitative estimate of drug-likeness (QED) is 0.302. The van der Waals surface area contributed by atoms with Crippen LogP contribution >= 0.6 is 23.2 Å². The van der Waals surface area contributed by atoms with Crippen LogP contribution in [-0.2, 0) is 23.1 Å². The van der Waals surface area contributed by atoms with Gasteiger partial charge in [0.05, 0.1) is 4.90 Å². The number of aromatic nitrogens is 1. The number of benzene rings is 3. The Morgan fingerprint density at radius 3 is 2.36 bits per heavy atom. The predicted octanol–water partition coefficient (Wildman–Crippen LogP) is 5.82. The summed E-state index contributed by atoms with van der Waals surface area (Å²) >= 11 is 12.0. The standard InChI is InChI=1S/C26H19Cl2FN2O4S/c27-19-11-12-25(35-16-17-9-10-20(28)15-23(17)29)18(13-19)14-21-5-4-8-24(30-21)26(32)31-36(33,34)22-6-2-1-3-7-22/h1-13,15H,14,16H2,(H,31,32). The molecule has 36 heavy (non-hydrogen) atoms. The first kappa shape index (κ1) is 25.6. The minimum atomic E-state index is -4.05. The Labute approximate surface area is 217 Å². The van der Waals surface area contributed by atoms with Crippen LogP contribution in [0.5, 0.6) is 5.75 Å². The van der Waals surface area contributed by atoms with Crippen molar-refractivity contribution >= 4 is 39.1 Å². The summed E-state index contributed by atoms with van der Waals surface area (Å²) in [6.07, 6.45) is 0.228. The molecule has 0 bridgehead atoms. The van der Waals surface area contributed by atoms with E-state index in [1.807, 2.05) is 4.72 Å². The molecule has 10 heteroatoms. The van der Waals surface area contributed by atoms with Gasteiger partial charge in [0.1, 0.15) is 23.9 Å². The van der Waals surface area contributed by atoms with Gasteiger partial charge in [0, 0.05) is 33.3 Å². The van der Waals surface area contributed by atoms with Gasteiger partial charge in [-0.2, -0.15) is 0 Å². The van der Waals surface area contributed by atoms with Gasteiger partial charge in [0.15, 0.2) is 0 Å².